The number of para-hydroxylation sites is 1. The zero-order valence-electron chi connectivity index (χ0n) is 11.7. The lowest BCUT2D eigenvalue weighted by molar-refractivity contribution is 0.250. The predicted octanol–water partition coefficient (Wildman–Crippen LogP) is 4.75. The fourth-order valence-corrected chi connectivity index (χ4v) is 2.40. The Hall–Kier alpha value is -2.58. The first-order valence-corrected chi connectivity index (χ1v) is 6.99. The van der Waals surface area contributed by atoms with Crippen molar-refractivity contribution >= 4 is 5.69 Å². The molecule has 0 unspecified atom stereocenters. The molecule has 0 heterocycles. The zero-order valence-corrected chi connectivity index (χ0v) is 11.7. The molecule has 0 atom stereocenters. The second-order valence-corrected chi connectivity index (χ2v) is 4.93. The van der Waals surface area contributed by atoms with Crippen molar-refractivity contribution < 1.29 is 5.21 Å². The van der Waals surface area contributed by atoms with Gasteiger partial charge in [-0.1, -0.05) is 78.9 Å². The van der Waals surface area contributed by atoms with Gasteiger partial charge in [0.1, 0.15) is 0 Å². The molecule has 2 nitrogen and oxygen atoms in total. The molecule has 0 saturated heterocycles. The number of anilines is 1. The Morgan fingerprint density at radius 1 is 0.667 bits per heavy atom. The van der Waals surface area contributed by atoms with E-state index in [0.717, 1.165) is 22.4 Å². The van der Waals surface area contributed by atoms with Gasteiger partial charge in [0.2, 0.25) is 0 Å². The van der Waals surface area contributed by atoms with E-state index in [2.05, 4.69) is 12.1 Å². The van der Waals surface area contributed by atoms with Crippen molar-refractivity contribution in [3.05, 3.63) is 90.5 Å². The van der Waals surface area contributed by atoms with Gasteiger partial charge in [-0.05, 0) is 17.2 Å². The van der Waals surface area contributed by atoms with E-state index < -0.39 is 0 Å². The lowest BCUT2D eigenvalue weighted by Gasteiger charge is -2.20. The van der Waals surface area contributed by atoms with Crippen molar-refractivity contribution in [2.45, 2.75) is 6.54 Å². The molecule has 21 heavy (non-hydrogen) atoms. The topological polar surface area (TPSA) is 23.5 Å². The molecule has 3 aromatic carbocycles. The number of hydrogen-bond donors (Lipinski definition) is 1. The van der Waals surface area contributed by atoms with Crippen molar-refractivity contribution in [2.24, 2.45) is 0 Å². The smallest absolute Gasteiger partial charge is 0.0716 e. The summed E-state index contributed by atoms with van der Waals surface area (Å²) in [5.41, 5.74) is 4.01. The van der Waals surface area contributed by atoms with Gasteiger partial charge in [-0.15, -0.1) is 0 Å². The number of hydroxylamine groups is 1. The SMILES string of the molecule is ON(Cc1ccccc1)c1ccccc1-c1ccccc1. The lowest BCUT2D eigenvalue weighted by atomic mass is 10.0. The Morgan fingerprint density at radius 2 is 1.24 bits per heavy atom. The molecular formula is C19H17NO. The van der Waals surface area contributed by atoms with E-state index >= 15 is 0 Å². The first-order chi connectivity index (χ1) is 10.3. The summed E-state index contributed by atoms with van der Waals surface area (Å²) >= 11 is 0. The van der Waals surface area contributed by atoms with E-state index in [4.69, 9.17) is 0 Å². The van der Waals surface area contributed by atoms with Gasteiger partial charge in [-0.3, -0.25) is 10.3 Å². The number of hydrogen-bond acceptors (Lipinski definition) is 2. The normalized spacial score (nSPS) is 10.3. The predicted molar refractivity (Wildman–Crippen MR) is 86.3 cm³/mol. The molecule has 1 N–H and O–H groups in total. The van der Waals surface area contributed by atoms with Crippen LogP contribution >= 0.6 is 0 Å². The molecule has 3 rings (SSSR count). The molecule has 104 valence electrons. The molecular weight excluding hydrogens is 258 g/mol. The van der Waals surface area contributed by atoms with Crippen LogP contribution in [0.5, 0.6) is 0 Å². The Balaban J connectivity index is 1.92. The maximum Gasteiger partial charge on any atom is 0.0716 e. The average Bonchev–Trinajstić information content (AvgIpc) is 2.56. The maximum atomic E-state index is 10.4. The van der Waals surface area contributed by atoms with E-state index in [9.17, 15) is 5.21 Å². The molecule has 0 aromatic heterocycles. The largest absolute Gasteiger partial charge is 0.288 e. The molecule has 0 aliphatic rings. The third kappa shape index (κ3) is 3.12. The number of nitrogens with zero attached hydrogens (tertiary/aromatic N) is 1. The van der Waals surface area contributed by atoms with Crippen molar-refractivity contribution in [2.75, 3.05) is 5.06 Å². The summed E-state index contributed by atoms with van der Waals surface area (Å²) in [5.74, 6) is 0. The summed E-state index contributed by atoms with van der Waals surface area (Å²) in [6.07, 6.45) is 0. The van der Waals surface area contributed by atoms with Gasteiger partial charge < -0.3 is 0 Å². The zero-order chi connectivity index (χ0) is 14.5. The highest BCUT2D eigenvalue weighted by Gasteiger charge is 2.10. The maximum absolute atomic E-state index is 10.4. The van der Waals surface area contributed by atoms with Crippen LogP contribution in [0.25, 0.3) is 11.1 Å². The molecule has 0 saturated carbocycles. The van der Waals surface area contributed by atoms with Crippen LogP contribution < -0.4 is 5.06 Å². The highest BCUT2D eigenvalue weighted by Crippen LogP contribution is 2.30. The molecule has 0 spiro atoms. The van der Waals surface area contributed by atoms with Crippen LogP contribution in [0.3, 0.4) is 0 Å². The molecule has 0 amide bonds. The van der Waals surface area contributed by atoms with Crippen LogP contribution in [0.1, 0.15) is 5.56 Å². The third-order valence-corrected chi connectivity index (χ3v) is 3.44. The molecule has 0 radical (unpaired) electrons. The van der Waals surface area contributed by atoms with Gasteiger partial charge in [0.15, 0.2) is 0 Å². The van der Waals surface area contributed by atoms with Crippen LogP contribution in [0, 0.1) is 0 Å². The van der Waals surface area contributed by atoms with Crippen molar-refractivity contribution in [1.82, 2.24) is 0 Å². The fourth-order valence-electron chi connectivity index (χ4n) is 2.40. The molecule has 3 aromatic rings. The minimum absolute atomic E-state index is 0.463. The quantitative estimate of drug-likeness (QED) is 0.695. The van der Waals surface area contributed by atoms with E-state index in [0.29, 0.717) is 6.54 Å². The number of benzene rings is 3. The Kier molecular flexibility index (Phi) is 3.99. The summed E-state index contributed by atoms with van der Waals surface area (Å²) < 4.78 is 0. The second-order valence-electron chi connectivity index (χ2n) is 4.93. The summed E-state index contributed by atoms with van der Waals surface area (Å²) in [7, 11) is 0. The first kappa shape index (κ1) is 13.4. The summed E-state index contributed by atoms with van der Waals surface area (Å²) in [5, 5.41) is 11.8. The van der Waals surface area contributed by atoms with Crippen LogP contribution in [0.4, 0.5) is 5.69 Å². The lowest BCUT2D eigenvalue weighted by Crippen LogP contribution is -2.18. The first-order valence-electron chi connectivity index (χ1n) is 6.99. The fraction of sp³-hybridized carbons (Fsp3) is 0.0526. The average molecular weight is 275 g/mol. The van der Waals surface area contributed by atoms with Crippen LogP contribution in [0.2, 0.25) is 0 Å². The number of rotatable bonds is 4. The Bertz CT molecular complexity index is 695. The van der Waals surface area contributed by atoms with E-state index in [1.165, 1.54) is 5.06 Å². The second kappa shape index (κ2) is 6.25. The monoisotopic (exact) mass is 275 g/mol. The molecule has 0 aliphatic heterocycles. The standard InChI is InChI=1S/C19H17NO/c21-20(15-16-9-3-1-4-10-16)19-14-8-7-13-18(19)17-11-5-2-6-12-17/h1-14,21H,15H2. The van der Waals surface area contributed by atoms with Gasteiger partial charge in [0, 0.05) is 5.56 Å². The van der Waals surface area contributed by atoms with Gasteiger partial charge >= 0.3 is 0 Å². The van der Waals surface area contributed by atoms with Crippen molar-refractivity contribution in [3.8, 4) is 11.1 Å². The van der Waals surface area contributed by atoms with Crippen LogP contribution in [-0.2, 0) is 6.54 Å². The van der Waals surface area contributed by atoms with E-state index in [-0.39, 0.29) is 0 Å². The molecule has 0 aliphatic carbocycles. The minimum Gasteiger partial charge on any atom is -0.288 e. The molecule has 0 fully saturated rings. The highest BCUT2D eigenvalue weighted by atomic mass is 16.5. The van der Waals surface area contributed by atoms with Gasteiger partial charge in [0.05, 0.1) is 12.2 Å². The summed E-state index contributed by atoms with van der Waals surface area (Å²) in [6.45, 7) is 0.463. The van der Waals surface area contributed by atoms with Gasteiger partial charge in [-0.2, -0.15) is 0 Å². The van der Waals surface area contributed by atoms with Crippen LogP contribution in [0.15, 0.2) is 84.9 Å². The minimum atomic E-state index is 0.463. The molecule has 2 heteroatoms. The molecule has 0 bridgehead atoms. The Morgan fingerprint density at radius 3 is 1.95 bits per heavy atom. The third-order valence-electron chi connectivity index (χ3n) is 3.44. The van der Waals surface area contributed by atoms with E-state index in [1.54, 1.807) is 0 Å². The summed E-state index contributed by atoms with van der Waals surface area (Å²) in [6, 6.07) is 27.9. The van der Waals surface area contributed by atoms with Crippen molar-refractivity contribution in [3.63, 3.8) is 0 Å². The van der Waals surface area contributed by atoms with Gasteiger partial charge in [0.25, 0.3) is 0 Å². The highest BCUT2D eigenvalue weighted by molar-refractivity contribution is 5.77. The summed E-state index contributed by atoms with van der Waals surface area (Å²) in [4.78, 5) is 0. The Labute approximate surface area is 124 Å². The van der Waals surface area contributed by atoms with E-state index in [1.807, 2.05) is 72.8 Å². The van der Waals surface area contributed by atoms with Crippen molar-refractivity contribution in [1.29, 1.82) is 0 Å². The van der Waals surface area contributed by atoms with Crippen LogP contribution in [-0.4, -0.2) is 5.21 Å². The van der Waals surface area contributed by atoms with Gasteiger partial charge in [-0.25, -0.2) is 0 Å².